The number of rotatable bonds is 6. The van der Waals surface area contributed by atoms with E-state index in [4.69, 9.17) is 0 Å². The third-order valence-corrected chi connectivity index (χ3v) is 3.96. The normalized spacial score (nSPS) is 11.9. The molecule has 1 heterocycles. The molecule has 2 aromatic rings. The summed E-state index contributed by atoms with van der Waals surface area (Å²) in [7, 11) is 0. The van der Waals surface area contributed by atoms with Crippen LogP contribution in [0.5, 0.6) is 0 Å². The highest BCUT2D eigenvalue weighted by Crippen LogP contribution is 2.05. The Kier molecular flexibility index (Phi) is 5.92. The molecule has 1 aromatic carbocycles. The average molecular weight is 380 g/mol. The monoisotopic (exact) mass is 379 g/mol. The number of amides is 1. The van der Waals surface area contributed by atoms with Crippen LogP contribution in [0.4, 0.5) is 0 Å². The zero-order valence-electron chi connectivity index (χ0n) is 12.7. The SMILES string of the molecule is C[C@H](CCc1ccccc1)NC(=O)Cn1cc(Br)c(=O)[nH]c1=O. The van der Waals surface area contributed by atoms with Crippen molar-refractivity contribution in [3.8, 4) is 0 Å². The van der Waals surface area contributed by atoms with Crippen molar-refractivity contribution in [2.75, 3.05) is 0 Å². The number of hydrogen-bond donors (Lipinski definition) is 2. The second-order valence-corrected chi connectivity index (χ2v) is 6.21. The number of nitrogens with zero attached hydrogens (tertiary/aromatic N) is 1. The smallest absolute Gasteiger partial charge is 0.328 e. The number of aryl methyl sites for hydroxylation is 1. The Labute approximate surface area is 141 Å². The first-order valence-electron chi connectivity index (χ1n) is 7.28. The van der Waals surface area contributed by atoms with Crippen LogP contribution in [-0.4, -0.2) is 21.5 Å². The molecule has 23 heavy (non-hydrogen) atoms. The van der Waals surface area contributed by atoms with Crippen LogP contribution in [-0.2, 0) is 17.8 Å². The van der Waals surface area contributed by atoms with E-state index in [9.17, 15) is 14.4 Å². The fraction of sp³-hybridized carbons (Fsp3) is 0.312. The van der Waals surface area contributed by atoms with E-state index >= 15 is 0 Å². The lowest BCUT2D eigenvalue weighted by Gasteiger charge is -2.14. The largest absolute Gasteiger partial charge is 0.352 e. The maximum atomic E-state index is 12.0. The number of benzene rings is 1. The Balaban J connectivity index is 1.88. The first kappa shape index (κ1) is 17.2. The van der Waals surface area contributed by atoms with E-state index in [2.05, 4.69) is 26.2 Å². The van der Waals surface area contributed by atoms with Crippen molar-refractivity contribution in [2.24, 2.45) is 0 Å². The molecule has 0 bridgehead atoms. The first-order chi connectivity index (χ1) is 11.0. The lowest BCUT2D eigenvalue weighted by Crippen LogP contribution is -2.39. The first-order valence-corrected chi connectivity index (χ1v) is 8.07. The summed E-state index contributed by atoms with van der Waals surface area (Å²) in [6.07, 6.45) is 2.99. The second-order valence-electron chi connectivity index (χ2n) is 5.36. The zero-order valence-corrected chi connectivity index (χ0v) is 14.3. The number of aromatic nitrogens is 2. The van der Waals surface area contributed by atoms with Crippen LogP contribution in [0.15, 0.2) is 50.6 Å². The standard InChI is InChI=1S/C16H18BrN3O3/c1-11(7-8-12-5-3-2-4-6-12)18-14(21)10-20-9-13(17)15(22)19-16(20)23/h2-6,9,11H,7-8,10H2,1H3,(H,18,21)(H,19,22,23)/t11-/m1/s1. The number of halogens is 1. The van der Waals surface area contributed by atoms with Crippen molar-refractivity contribution in [3.05, 3.63) is 67.4 Å². The van der Waals surface area contributed by atoms with Crippen molar-refractivity contribution >= 4 is 21.8 Å². The van der Waals surface area contributed by atoms with Gasteiger partial charge in [0.05, 0.1) is 4.47 Å². The number of nitrogens with one attached hydrogen (secondary N) is 2. The Morgan fingerprint density at radius 1 is 1.30 bits per heavy atom. The number of hydrogen-bond acceptors (Lipinski definition) is 3. The second kappa shape index (κ2) is 7.92. The van der Waals surface area contributed by atoms with Gasteiger partial charge in [0.25, 0.3) is 5.56 Å². The molecule has 1 amide bonds. The fourth-order valence-corrected chi connectivity index (χ4v) is 2.52. The zero-order chi connectivity index (χ0) is 16.8. The van der Waals surface area contributed by atoms with Crippen LogP contribution in [0.3, 0.4) is 0 Å². The van der Waals surface area contributed by atoms with Gasteiger partial charge in [-0.05, 0) is 41.3 Å². The molecule has 122 valence electrons. The molecule has 0 radical (unpaired) electrons. The van der Waals surface area contributed by atoms with Crippen molar-refractivity contribution in [3.63, 3.8) is 0 Å². The van der Waals surface area contributed by atoms with Crippen molar-refractivity contribution < 1.29 is 4.79 Å². The number of H-pyrrole nitrogens is 1. The molecule has 2 rings (SSSR count). The summed E-state index contributed by atoms with van der Waals surface area (Å²) in [6, 6.07) is 10.0. The van der Waals surface area contributed by atoms with Crippen LogP contribution < -0.4 is 16.6 Å². The van der Waals surface area contributed by atoms with Gasteiger partial charge < -0.3 is 5.32 Å². The Bertz CT molecular complexity index is 783. The van der Waals surface area contributed by atoms with Gasteiger partial charge in [-0.25, -0.2) is 4.79 Å². The third-order valence-electron chi connectivity index (χ3n) is 3.40. The van der Waals surface area contributed by atoms with Crippen LogP contribution in [0.25, 0.3) is 0 Å². The summed E-state index contributed by atoms with van der Waals surface area (Å²) < 4.78 is 1.37. The minimum atomic E-state index is -0.606. The Morgan fingerprint density at radius 3 is 2.70 bits per heavy atom. The number of aromatic amines is 1. The number of carbonyl (C=O) groups is 1. The maximum absolute atomic E-state index is 12.0. The van der Waals surface area contributed by atoms with E-state index in [1.165, 1.54) is 11.8 Å². The predicted molar refractivity (Wildman–Crippen MR) is 91.4 cm³/mol. The lowest BCUT2D eigenvalue weighted by molar-refractivity contribution is -0.122. The van der Waals surface area contributed by atoms with Crippen LogP contribution in [0.2, 0.25) is 0 Å². The summed E-state index contributed by atoms with van der Waals surface area (Å²) >= 11 is 3.04. The van der Waals surface area contributed by atoms with Gasteiger partial charge in [0.15, 0.2) is 0 Å². The topological polar surface area (TPSA) is 84.0 Å². The van der Waals surface area contributed by atoms with Crippen molar-refractivity contribution in [1.82, 2.24) is 14.9 Å². The highest BCUT2D eigenvalue weighted by Gasteiger charge is 2.10. The van der Waals surface area contributed by atoms with Gasteiger partial charge in [-0.3, -0.25) is 19.1 Å². The van der Waals surface area contributed by atoms with Gasteiger partial charge >= 0.3 is 5.69 Å². The molecule has 0 fully saturated rings. The molecule has 0 unspecified atom stereocenters. The maximum Gasteiger partial charge on any atom is 0.328 e. The average Bonchev–Trinajstić information content (AvgIpc) is 2.51. The molecule has 7 heteroatoms. The predicted octanol–water partition coefficient (Wildman–Crippen LogP) is 1.44. The van der Waals surface area contributed by atoms with E-state index < -0.39 is 11.2 Å². The van der Waals surface area contributed by atoms with Gasteiger partial charge in [-0.1, -0.05) is 30.3 Å². The fourth-order valence-electron chi connectivity index (χ4n) is 2.18. The van der Waals surface area contributed by atoms with E-state index in [0.29, 0.717) is 0 Å². The van der Waals surface area contributed by atoms with Gasteiger partial charge in [0.1, 0.15) is 6.54 Å². The van der Waals surface area contributed by atoms with Gasteiger partial charge in [-0.15, -0.1) is 0 Å². The van der Waals surface area contributed by atoms with Gasteiger partial charge in [0.2, 0.25) is 5.91 Å². The molecule has 0 saturated carbocycles. The summed E-state index contributed by atoms with van der Waals surface area (Å²) in [6.45, 7) is 1.79. The molecule has 1 atom stereocenters. The summed E-state index contributed by atoms with van der Waals surface area (Å²) in [5.41, 5.74) is 0.0996. The highest BCUT2D eigenvalue weighted by molar-refractivity contribution is 9.10. The minimum absolute atomic E-state index is 0.00962. The Morgan fingerprint density at radius 2 is 2.00 bits per heavy atom. The van der Waals surface area contributed by atoms with E-state index in [1.54, 1.807) is 0 Å². The summed E-state index contributed by atoms with van der Waals surface area (Å²) in [5.74, 6) is -0.272. The molecule has 0 aliphatic heterocycles. The van der Waals surface area contributed by atoms with E-state index in [1.807, 2.05) is 37.3 Å². The molecular weight excluding hydrogens is 362 g/mol. The summed E-state index contributed by atoms with van der Waals surface area (Å²) in [4.78, 5) is 37.0. The van der Waals surface area contributed by atoms with Crippen LogP contribution in [0, 0.1) is 0 Å². The van der Waals surface area contributed by atoms with Crippen molar-refractivity contribution in [1.29, 1.82) is 0 Å². The Hall–Kier alpha value is -2.15. The molecular formula is C16H18BrN3O3. The lowest BCUT2D eigenvalue weighted by atomic mass is 10.1. The summed E-state index contributed by atoms with van der Waals surface area (Å²) in [5, 5.41) is 2.85. The molecule has 0 aliphatic rings. The molecule has 0 spiro atoms. The molecule has 6 nitrogen and oxygen atoms in total. The van der Waals surface area contributed by atoms with Crippen molar-refractivity contribution in [2.45, 2.75) is 32.4 Å². The van der Waals surface area contributed by atoms with E-state index in [0.717, 1.165) is 17.4 Å². The van der Waals surface area contributed by atoms with Crippen LogP contribution in [0.1, 0.15) is 18.9 Å². The molecule has 0 saturated heterocycles. The minimum Gasteiger partial charge on any atom is -0.352 e. The third kappa shape index (κ3) is 5.21. The van der Waals surface area contributed by atoms with Crippen LogP contribution >= 0.6 is 15.9 Å². The molecule has 0 aliphatic carbocycles. The van der Waals surface area contributed by atoms with Gasteiger partial charge in [-0.2, -0.15) is 0 Å². The quantitative estimate of drug-likeness (QED) is 0.796. The highest BCUT2D eigenvalue weighted by atomic mass is 79.9. The molecule has 2 N–H and O–H groups in total. The molecule has 1 aromatic heterocycles. The number of carbonyl (C=O) groups excluding carboxylic acids is 1. The van der Waals surface area contributed by atoms with E-state index in [-0.39, 0.29) is 23.0 Å². The van der Waals surface area contributed by atoms with Gasteiger partial charge in [0, 0.05) is 12.2 Å².